The van der Waals surface area contributed by atoms with E-state index in [1.54, 1.807) is 6.33 Å². The van der Waals surface area contributed by atoms with Gasteiger partial charge in [-0.05, 0) is 19.9 Å². The van der Waals surface area contributed by atoms with Crippen LogP contribution in [-0.4, -0.2) is 28.0 Å². The molecule has 2 heterocycles. The summed E-state index contributed by atoms with van der Waals surface area (Å²) < 4.78 is 3.94. The van der Waals surface area contributed by atoms with Crippen molar-refractivity contribution < 1.29 is 0 Å². The van der Waals surface area contributed by atoms with Gasteiger partial charge < -0.3 is 10.6 Å². The number of rotatable bonds is 2. The molecule has 12 heavy (non-hydrogen) atoms. The van der Waals surface area contributed by atoms with E-state index in [2.05, 4.69) is 26.9 Å². The predicted octanol–water partition coefficient (Wildman–Crippen LogP) is 0.702. The molecule has 0 saturated carbocycles. The first-order chi connectivity index (χ1) is 5.79. The van der Waals surface area contributed by atoms with Crippen LogP contribution >= 0.6 is 11.5 Å². The zero-order chi connectivity index (χ0) is 8.44. The molecule has 0 aromatic carbocycles. The molecule has 1 aromatic rings. The minimum atomic E-state index is 0.166. The average molecular weight is 184 g/mol. The Morgan fingerprint density at radius 2 is 2.67 bits per heavy atom. The Balaban J connectivity index is 2.02. The molecule has 0 radical (unpaired) electrons. The average Bonchev–Trinajstić information content (AvgIpc) is 2.62. The van der Waals surface area contributed by atoms with Crippen LogP contribution in [-0.2, 0) is 0 Å². The maximum atomic E-state index is 4.09. The van der Waals surface area contributed by atoms with Gasteiger partial charge in [-0.25, -0.2) is 4.98 Å². The van der Waals surface area contributed by atoms with Gasteiger partial charge >= 0.3 is 0 Å². The highest BCUT2D eigenvalue weighted by atomic mass is 32.1. The summed E-state index contributed by atoms with van der Waals surface area (Å²) in [4.78, 5) is 4.09. The van der Waals surface area contributed by atoms with E-state index in [1.165, 1.54) is 11.5 Å². The van der Waals surface area contributed by atoms with Gasteiger partial charge in [-0.15, -0.1) is 0 Å². The van der Waals surface area contributed by atoms with E-state index < -0.39 is 0 Å². The van der Waals surface area contributed by atoms with Gasteiger partial charge in [-0.2, -0.15) is 4.37 Å². The minimum absolute atomic E-state index is 0.166. The molecular formula is C7H12N4S. The van der Waals surface area contributed by atoms with Crippen molar-refractivity contribution in [2.45, 2.75) is 18.9 Å². The Kier molecular flexibility index (Phi) is 1.98. The van der Waals surface area contributed by atoms with Gasteiger partial charge in [-0.1, -0.05) is 0 Å². The highest BCUT2D eigenvalue weighted by molar-refractivity contribution is 7.09. The third-order valence-electron chi connectivity index (χ3n) is 2.14. The fourth-order valence-electron chi connectivity index (χ4n) is 1.41. The lowest BCUT2D eigenvalue weighted by Crippen LogP contribution is -2.36. The number of nitrogens with zero attached hydrogens (tertiary/aromatic N) is 2. The quantitative estimate of drug-likeness (QED) is 0.710. The molecule has 0 aliphatic carbocycles. The molecule has 1 aliphatic heterocycles. The van der Waals surface area contributed by atoms with E-state index in [1.807, 2.05) is 0 Å². The van der Waals surface area contributed by atoms with Gasteiger partial charge in [0.05, 0.1) is 5.54 Å². The third kappa shape index (κ3) is 1.56. The number of hydrogen-bond donors (Lipinski definition) is 2. The molecule has 1 fully saturated rings. The summed E-state index contributed by atoms with van der Waals surface area (Å²) in [6.07, 6.45) is 2.73. The molecule has 66 valence electrons. The van der Waals surface area contributed by atoms with Gasteiger partial charge in [0.2, 0.25) is 5.13 Å². The summed E-state index contributed by atoms with van der Waals surface area (Å²) in [6.45, 7) is 4.29. The van der Waals surface area contributed by atoms with Crippen molar-refractivity contribution in [3.8, 4) is 0 Å². The Labute approximate surface area is 75.6 Å². The molecule has 2 N–H and O–H groups in total. The van der Waals surface area contributed by atoms with Crippen LogP contribution in [0.5, 0.6) is 0 Å². The highest BCUT2D eigenvalue weighted by Gasteiger charge is 2.28. The predicted molar refractivity (Wildman–Crippen MR) is 49.4 cm³/mol. The Morgan fingerprint density at radius 3 is 3.25 bits per heavy atom. The molecular weight excluding hydrogens is 172 g/mol. The Bertz CT molecular complexity index is 240. The second kappa shape index (κ2) is 2.99. The van der Waals surface area contributed by atoms with E-state index in [0.29, 0.717) is 0 Å². The van der Waals surface area contributed by atoms with Crippen LogP contribution in [0, 0.1) is 0 Å². The first kappa shape index (κ1) is 7.94. The lowest BCUT2D eigenvalue weighted by atomic mass is 10.0. The molecule has 0 bridgehead atoms. The fourth-order valence-corrected chi connectivity index (χ4v) is 1.99. The van der Waals surface area contributed by atoms with Gasteiger partial charge in [-0.3, -0.25) is 0 Å². The van der Waals surface area contributed by atoms with Crippen molar-refractivity contribution >= 4 is 16.7 Å². The molecule has 2 rings (SSSR count). The molecule has 1 saturated heterocycles. The van der Waals surface area contributed by atoms with Crippen molar-refractivity contribution in [2.24, 2.45) is 0 Å². The van der Waals surface area contributed by atoms with Crippen molar-refractivity contribution in [1.29, 1.82) is 0 Å². The van der Waals surface area contributed by atoms with Crippen molar-refractivity contribution in [1.82, 2.24) is 14.7 Å². The van der Waals surface area contributed by atoms with Crippen LogP contribution in [0.4, 0.5) is 5.13 Å². The summed E-state index contributed by atoms with van der Waals surface area (Å²) in [6, 6.07) is 0. The second-order valence-electron chi connectivity index (χ2n) is 3.36. The lowest BCUT2D eigenvalue weighted by Gasteiger charge is -2.23. The largest absolute Gasteiger partial charge is 0.354 e. The first-order valence-corrected chi connectivity index (χ1v) is 4.81. The van der Waals surface area contributed by atoms with Crippen molar-refractivity contribution in [2.75, 3.05) is 18.4 Å². The third-order valence-corrected chi connectivity index (χ3v) is 2.72. The van der Waals surface area contributed by atoms with Crippen molar-refractivity contribution in [3.05, 3.63) is 6.33 Å². The normalized spacial score (nSPS) is 29.1. The Morgan fingerprint density at radius 1 is 1.75 bits per heavy atom. The summed E-state index contributed by atoms with van der Waals surface area (Å²) in [5.74, 6) is 0. The number of anilines is 1. The van der Waals surface area contributed by atoms with Gasteiger partial charge in [0, 0.05) is 18.1 Å². The minimum Gasteiger partial charge on any atom is -0.354 e. The number of aromatic nitrogens is 2. The lowest BCUT2D eigenvalue weighted by molar-refractivity contribution is 0.566. The van der Waals surface area contributed by atoms with Crippen LogP contribution in [0.2, 0.25) is 0 Å². The van der Waals surface area contributed by atoms with Gasteiger partial charge in [0.25, 0.3) is 0 Å². The molecule has 1 atom stereocenters. The van der Waals surface area contributed by atoms with E-state index >= 15 is 0 Å². The topological polar surface area (TPSA) is 49.8 Å². The standard InChI is InChI=1S/C7H12N4S/c1-7(2-3-8-4-7)11-6-9-5-10-12-6/h5,8H,2-4H2,1H3,(H,9,10,11). The zero-order valence-electron chi connectivity index (χ0n) is 7.00. The Hall–Kier alpha value is -0.680. The highest BCUT2D eigenvalue weighted by Crippen LogP contribution is 2.20. The summed E-state index contributed by atoms with van der Waals surface area (Å²) in [7, 11) is 0. The van der Waals surface area contributed by atoms with E-state index in [4.69, 9.17) is 0 Å². The summed E-state index contributed by atoms with van der Waals surface area (Å²) in [5.41, 5.74) is 0.166. The van der Waals surface area contributed by atoms with Crippen LogP contribution < -0.4 is 10.6 Å². The maximum Gasteiger partial charge on any atom is 0.202 e. The summed E-state index contributed by atoms with van der Waals surface area (Å²) >= 11 is 1.41. The van der Waals surface area contributed by atoms with E-state index in [0.717, 1.165) is 24.6 Å². The van der Waals surface area contributed by atoms with Crippen LogP contribution in [0.25, 0.3) is 0 Å². The van der Waals surface area contributed by atoms with Crippen molar-refractivity contribution in [3.63, 3.8) is 0 Å². The maximum absolute atomic E-state index is 4.09. The van der Waals surface area contributed by atoms with Crippen LogP contribution in [0.3, 0.4) is 0 Å². The second-order valence-corrected chi connectivity index (χ2v) is 4.14. The zero-order valence-corrected chi connectivity index (χ0v) is 7.82. The SMILES string of the molecule is CC1(Nc2ncns2)CCNC1. The number of nitrogens with one attached hydrogen (secondary N) is 2. The fraction of sp³-hybridized carbons (Fsp3) is 0.714. The van der Waals surface area contributed by atoms with Crippen LogP contribution in [0.1, 0.15) is 13.3 Å². The molecule has 0 spiro atoms. The molecule has 1 aromatic heterocycles. The molecule has 0 amide bonds. The van der Waals surface area contributed by atoms with Crippen LogP contribution in [0.15, 0.2) is 6.33 Å². The monoisotopic (exact) mass is 184 g/mol. The summed E-state index contributed by atoms with van der Waals surface area (Å²) in [5, 5.41) is 7.62. The molecule has 5 heteroatoms. The van der Waals surface area contributed by atoms with E-state index in [9.17, 15) is 0 Å². The smallest absolute Gasteiger partial charge is 0.202 e. The first-order valence-electron chi connectivity index (χ1n) is 4.04. The van der Waals surface area contributed by atoms with E-state index in [-0.39, 0.29) is 5.54 Å². The van der Waals surface area contributed by atoms with Gasteiger partial charge in [0.1, 0.15) is 6.33 Å². The molecule has 1 unspecified atom stereocenters. The van der Waals surface area contributed by atoms with Gasteiger partial charge in [0.15, 0.2) is 0 Å². The number of hydrogen-bond acceptors (Lipinski definition) is 5. The molecule has 4 nitrogen and oxygen atoms in total. The molecule has 1 aliphatic rings.